The molecule has 21 heavy (non-hydrogen) atoms. The van der Waals surface area contributed by atoms with Crippen LogP contribution in [-0.2, 0) is 9.53 Å². The standard InChI is InChI=1S/C14H22ClN2O3P/c1-9-16-11(18)5-7-17(9)14-12(15)13(19)10(20-14)6-8-21(2,3)4/h5,7,10,12-14,19H,1-2,6,8H2,3-4H3,(H,16,18)/t10-,12-,13-,14-/m1/s1. The van der Waals surface area contributed by atoms with Crippen molar-refractivity contribution in [2.75, 3.05) is 19.5 Å². The molecule has 7 heteroatoms. The first-order valence-corrected chi connectivity index (χ1v) is 10.3. The van der Waals surface area contributed by atoms with Crippen molar-refractivity contribution >= 4 is 30.7 Å². The van der Waals surface area contributed by atoms with Gasteiger partial charge in [0.1, 0.15) is 17.3 Å². The Morgan fingerprint density at radius 3 is 2.81 bits per heavy atom. The van der Waals surface area contributed by atoms with Crippen LogP contribution in [0.5, 0.6) is 0 Å². The van der Waals surface area contributed by atoms with Crippen LogP contribution >= 0.6 is 18.5 Å². The number of rotatable bonds is 4. The maximum Gasteiger partial charge on any atom is 0.250 e. The topological polar surface area (TPSA) is 61.8 Å². The molecule has 0 saturated carbocycles. The first-order valence-electron chi connectivity index (χ1n) is 6.80. The van der Waals surface area contributed by atoms with Crippen LogP contribution in [0, 0.1) is 0 Å². The van der Waals surface area contributed by atoms with Crippen LogP contribution in [0.25, 0.3) is 0 Å². The van der Waals surface area contributed by atoms with Gasteiger partial charge >= 0.3 is 0 Å². The number of aliphatic hydroxyl groups is 1. The molecule has 118 valence electrons. The Hall–Kier alpha value is -0.740. The summed E-state index contributed by atoms with van der Waals surface area (Å²) in [4.78, 5) is 12.9. The molecule has 0 unspecified atom stereocenters. The van der Waals surface area contributed by atoms with Crippen LogP contribution < -0.4 is 5.32 Å². The van der Waals surface area contributed by atoms with E-state index in [2.05, 4.69) is 31.5 Å². The van der Waals surface area contributed by atoms with Gasteiger partial charge in [-0.3, -0.25) is 4.79 Å². The minimum atomic E-state index is -1.17. The maximum atomic E-state index is 11.2. The lowest BCUT2D eigenvalue weighted by Gasteiger charge is -2.32. The fourth-order valence-electron chi connectivity index (χ4n) is 2.37. The van der Waals surface area contributed by atoms with E-state index < -0.39 is 24.6 Å². The molecular formula is C14H22ClN2O3P. The van der Waals surface area contributed by atoms with Gasteiger partial charge in [0.15, 0.2) is 6.23 Å². The number of carbonyl (C=O) groups excluding carboxylic acids is 1. The number of aliphatic hydroxyl groups excluding tert-OH is 1. The molecule has 0 aromatic carbocycles. The lowest BCUT2D eigenvalue weighted by atomic mass is 10.1. The number of carbonyl (C=O) groups is 1. The van der Waals surface area contributed by atoms with Crippen molar-refractivity contribution < 1.29 is 14.6 Å². The molecule has 5 nitrogen and oxygen atoms in total. The van der Waals surface area contributed by atoms with E-state index in [-0.39, 0.29) is 12.0 Å². The summed E-state index contributed by atoms with van der Waals surface area (Å²) in [5.74, 6) is 0.164. The van der Waals surface area contributed by atoms with Crippen LogP contribution in [0.15, 0.2) is 24.7 Å². The fourth-order valence-corrected chi connectivity index (χ4v) is 3.66. The van der Waals surface area contributed by atoms with E-state index in [1.165, 1.54) is 6.08 Å². The summed E-state index contributed by atoms with van der Waals surface area (Å²) < 4.78 is 5.90. The molecule has 1 fully saturated rings. The van der Waals surface area contributed by atoms with E-state index in [4.69, 9.17) is 16.3 Å². The van der Waals surface area contributed by atoms with Crippen molar-refractivity contribution in [3.8, 4) is 0 Å². The Labute approximate surface area is 130 Å². The second-order valence-electron chi connectivity index (χ2n) is 6.11. The van der Waals surface area contributed by atoms with E-state index in [1.54, 1.807) is 11.1 Å². The van der Waals surface area contributed by atoms with Crippen molar-refractivity contribution in [3.63, 3.8) is 0 Å². The molecule has 0 spiro atoms. The van der Waals surface area contributed by atoms with Crippen LogP contribution in [0.1, 0.15) is 6.42 Å². The summed E-state index contributed by atoms with van der Waals surface area (Å²) >= 11 is 6.30. The van der Waals surface area contributed by atoms with Gasteiger partial charge in [-0.25, -0.2) is 0 Å². The molecule has 0 aliphatic carbocycles. The Morgan fingerprint density at radius 2 is 2.24 bits per heavy atom. The van der Waals surface area contributed by atoms with Gasteiger partial charge in [0.05, 0.1) is 6.10 Å². The van der Waals surface area contributed by atoms with Crippen molar-refractivity contribution in [1.82, 2.24) is 10.2 Å². The predicted octanol–water partition coefficient (Wildman–Crippen LogP) is 1.20. The fraction of sp³-hybridized carbons (Fsp3) is 0.571. The highest BCUT2D eigenvalue weighted by atomic mass is 35.5. The summed E-state index contributed by atoms with van der Waals surface area (Å²) in [5.41, 5.74) is 0. The molecule has 0 aromatic heterocycles. The SMILES string of the molecule is C=C1NC(=O)C=CN1[C@@H]1O[C@H](CCP(=C)(C)C)[C@@H](O)[C@H]1Cl. The number of alkyl halides is 1. The molecule has 2 aliphatic rings. The molecule has 2 rings (SSSR count). The summed E-state index contributed by atoms with van der Waals surface area (Å²) in [5, 5.41) is 12.3. The van der Waals surface area contributed by atoms with Crippen molar-refractivity contribution in [2.24, 2.45) is 0 Å². The van der Waals surface area contributed by atoms with Crippen LogP contribution in [0.4, 0.5) is 0 Å². The van der Waals surface area contributed by atoms with Gasteiger partial charge < -0.3 is 20.1 Å². The second-order valence-corrected chi connectivity index (χ2v) is 10.9. The largest absolute Gasteiger partial charge is 0.389 e. The van der Waals surface area contributed by atoms with Gasteiger partial charge in [0.2, 0.25) is 0 Å². The summed E-state index contributed by atoms with van der Waals surface area (Å²) in [6.07, 6.45) is 7.16. The van der Waals surface area contributed by atoms with Crippen LogP contribution in [0.3, 0.4) is 0 Å². The normalized spacial score (nSPS) is 33.4. The Balaban J connectivity index is 2.06. The number of hydrogen-bond donors (Lipinski definition) is 2. The van der Waals surface area contributed by atoms with Crippen molar-refractivity contribution in [3.05, 3.63) is 24.7 Å². The maximum absolute atomic E-state index is 11.2. The smallest absolute Gasteiger partial charge is 0.250 e. The lowest BCUT2D eigenvalue weighted by Crippen LogP contribution is -2.44. The third-order valence-corrected chi connectivity index (χ3v) is 5.50. The van der Waals surface area contributed by atoms with Gasteiger partial charge in [-0.2, -0.15) is 0 Å². The van der Waals surface area contributed by atoms with Crippen LogP contribution in [0.2, 0.25) is 0 Å². The number of hydrogen-bond acceptors (Lipinski definition) is 4. The lowest BCUT2D eigenvalue weighted by molar-refractivity contribution is -0.117. The van der Waals surface area contributed by atoms with E-state index in [0.717, 1.165) is 12.6 Å². The summed E-state index contributed by atoms with van der Waals surface area (Å²) in [7, 11) is 0. The summed E-state index contributed by atoms with van der Waals surface area (Å²) in [6, 6.07) is 0. The Morgan fingerprint density at radius 1 is 1.57 bits per heavy atom. The van der Waals surface area contributed by atoms with Gasteiger partial charge in [0.25, 0.3) is 5.91 Å². The van der Waals surface area contributed by atoms with E-state index in [1.807, 2.05) is 0 Å². The molecule has 2 aliphatic heterocycles. The van der Waals surface area contributed by atoms with E-state index in [0.29, 0.717) is 5.82 Å². The van der Waals surface area contributed by atoms with Gasteiger partial charge in [-0.05, 0) is 25.9 Å². The Kier molecular flexibility index (Phi) is 4.89. The minimum Gasteiger partial charge on any atom is -0.389 e. The van der Waals surface area contributed by atoms with Crippen molar-refractivity contribution in [2.45, 2.75) is 30.2 Å². The average Bonchev–Trinajstić information content (AvgIpc) is 2.64. The zero-order valence-electron chi connectivity index (χ0n) is 12.3. The number of nitrogens with one attached hydrogen (secondary N) is 1. The summed E-state index contributed by atoms with van der Waals surface area (Å²) in [6.45, 7) is 6.90. The van der Waals surface area contributed by atoms with Gasteiger partial charge in [-0.1, -0.05) is 6.58 Å². The monoisotopic (exact) mass is 332 g/mol. The quantitative estimate of drug-likeness (QED) is 0.600. The molecule has 2 N–H and O–H groups in total. The van der Waals surface area contributed by atoms with Gasteiger partial charge in [0, 0.05) is 12.3 Å². The first-order chi connectivity index (χ1) is 9.69. The number of nitrogens with zero attached hydrogens (tertiary/aromatic N) is 1. The molecule has 1 saturated heterocycles. The molecule has 0 aromatic rings. The van der Waals surface area contributed by atoms with Gasteiger partial charge in [-0.15, -0.1) is 24.8 Å². The molecule has 1 amide bonds. The third kappa shape index (κ3) is 3.92. The minimum absolute atomic E-state index is 0.235. The highest BCUT2D eigenvalue weighted by Gasteiger charge is 2.45. The second kappa shape index (κ2) is 6.17. The van der Waals surface area contributed by atoms with Crippen LogP contribution in [-0.4, -0.2) is 65.5 Å². The number of ether oxygens (including phenoxy) is 1. The zero-order chi connectivity index (χ0) is 15.8. The Bertz CT molecular complexity index is 516. The number of halogens is 1. The highest BCUT2D eigenvalue weighted by Crippen LogP contribution is 2.39. The predicted molar refractivity (Wildman–Crippen MR) is 87.9 cm³/mol. The average molecular weight is 333 g/mol. The molecule has 0 bridgehead atoms. The first kappa shape index (κ1) is 16.6. The molecule has 2 heterocycles. The zero-order valence-corrected chi connectivity index (χ0v) is 14.0. The highest BCUT2D eigenvalue weighted by molar-refractivity contribution is 7.72. The van der Waals surface area contributed by atoms with Crippen molar-refractivity contribution in [1.29, 1.82) is 0 Å². The molecule has 4 atom stereocenters. The van der Waals surface area contributed by atoms with E-state index >= 15 is 0 Å². The molecular weight excluding hydrogens is 311 g/mol. The third-order valence-electron chi connectivity index (χ3n) is 3.55. The molecule has 0 radical (unpaired) electrons. The van der Waals surface area contributed by atoms with E-state index in [9.17, 15) is 9.90 Å². The number of amides is 1.